The van der Waals surface area contributed by atoms with Gasteiger partial charge in [0.25, 0.3) is 0 Å². The van der Waals surface area contributed by atoms with Gasteiger partial charge in [-0.3, -0.25) is 0 Å². The van der Waals surface area contributed by atoms with E-state index in [4.69, 9.17) is 4.74 Å². The lowest BCUT2D eigenvalue weighted by Crippen LogP contribution is -2.40. The van der Waals surface area contributed by atoms with Crippen molar-refractivity contribution in [2.24, 2.45) is 5.92 Å². The number of ketones is 1. The molecule has 0 saturated carbocycles. The van der Waals surface area contributed by atoms with E-state index in [9.17, 15) is 9.90 Å². The largest absolute Gasteiger partial charge is 0.463 e. The molecule has 0 aromatic heterocycles. The van der Waals surface area contributed by atoms with Gasteiger partial charge in [-0.05, 0) is 32.8 Å². The summed E-state index contributed by atoms with van der Waals surface area (Å²) in [7, 11) is 0. The SMILES string of the molecule is CC(=O)CC[C@H]1CC=C(C)O[C@]1(O)c1ccccc1. The highest BCUT2D eigenvalue weighted by molar-refractivity contribution is 5.75. The number of aliphatic hydroxyl groups is 1. The third-order valence-electron chi connectivity index (χ3n) is 3.59. The lowest BCUT2D eigenvalue weighted by Gasteiger charge is -2.39. The Morgan fingerprint density at radius 1 is 1.42 bits per heavy atom. The minimum Gasteiger partial charge on any atom is -0.463 e. The monoisotopic (exact) mass is 260 g/mol. The standard InChI is InChI=1S/C16H20O3/c1-12(17)8-10-15-11-9-13(2)19-16(15,18)14-6-4-3-5-7-14/h3-7,9,15,18H,8,10-11H2,1-2H3/t15-,16+/m0/s1. The molecule has 0 amide bonds. The number of hydrogen-bond donors (Lipinski definition) is 1. The molecule has 0 aliphatic carbocycles. The van der Waals surface area contributed by atoms with Crippen LogP contribution < -0.4 is 0 Å². The summed E-state index contributed by atoms with van der Waals surface area (Å²) in [6.45, 7) is 3.42. The van der Waals surface area contributed by atoms with Crippen LogP contribution in [0.15, 0.2) is 42.2 Å². The zero-order valence-electron chi connectivity index (χ0n) is 11.4. The van der Waals surface area contributed by atoms with E-state index < -0.39 is 5.79 Å². The van der Waals surface area contributed by atoms with E-state index in [1.165, 1.54) is 0 Å². The van der Waals surface area contributed by atoms with Crippen molar-refractivity contribution in [1.29, 1.82) is 0 Å². The molecule has 0 fully saturated rings. The van der Waals surface area contributed by atoms with E-state index in [0.717, 1.165) is 17.7 Å². The lowest BCUT2D eigenvalue weighted by atomic mass is 9.83. The summed E-state index contributed by atoms with van der Waals surface area (Å²) >= 11 is 0. The quantitative estimate of drug-likeness (QED) is 0.904. The number of ether oxygens (including phenoxy) is 1. The maximum Gasteiger partial charge on any atom is 0.237 e. The molecule has 0 spiro atoms. The summed E-state index contributed by atoms with van der Waals surface area (Å²) in [5.41, 5.74) is 0.746. The predicted molar refractivity (Wildman–Crippen MR) is 73.2 cm³/mol. The summed E-state index contributed by atoms with van der Waals surface area (Å²) in [5.74, 6) is -0.551. The molecule has 3 nitrogen and oxygen atoms in total. The Balaban J connectivity index is 2.27. The molecule has 3 heteroatoms. The summed E-state index contributed by atoms with van der Waals surface area (Å²) in [6, 6.07) is 9.39. The van der Waals surface area contributed by atoms with E-state index in [0.29, 0.717) is 12.8 Å². The Morgan fingerprint density at radius 3 is 2.74 bits per heavy atom. The van der Waals surface area contributed by atoms with Crippen LogP contribution in [0.2, 0.25) is 0 Å². The Labute approximate surface area is 113 Å². The molecule has 1 aromatic rings. The number of benzene rings is 1. The number of carbonyl (C=O) groups excluding carboxylic acids is 1. The van der Waals surface area contributed by atoms with Crippen LogP contribution in [-0.2, 0) is 15.3 Å². The zero-order chi connectivity index (χ0) is 13.9. The normalized spacial score (nSPS) is 26.5. The smallest absolute Gasteiger partial charge is 0.237 e. The Morgan fingerprint density at radius 2 is 2.11 bits per heavy atom. The van der Waals surface area contributed by atoms with Crippen LogP contribution >= 0.6 is 0 Å². The van der Waals surface area contributed by atoms with Gasteiger partial charge in [-0.15, -0.1) is 0 Å². The van der Waals surface area contributed by atoms with Crippen molar-refractivity contribution >= 4 is 5.78 Å². The van der Waals surface area contributed by atoms with E-state index >= 15 is 0 Å². The van der Waals surface area contributed by atoms with Crippen molar-refractivity contribution in [1.82, 2.24) is 0 Å². The maximum atomic E-state index is 11.2. The van der Waals surface area contributed by atoms with Crippen LogP contribution in [0.3, 0.4) is 0 Å². The maximum absolute atomic E-state index is 11.2. The van der Waals surface area contributed by atoms with E-state index in [2.05, 4.69) is 0 Å². The highest BCUT2D eigenvalue weighted by atomic mass is 16.6. The van der Waals surface area contributed by atoms with Crippen molar-refractivity contribution < 1.29 is 14.6 Å². The topological polar surface area (TPSA) is 46.5 Å². The third kappa shape index (κ3) is 3.04. The van der Waals surface area contributed by atoms with Crippen LogP contribution in [0.4, 0.5) is 0 Å². The first-order chi connectivity index (χ1) is 9.02. The summed E-state index contributed by atoms with van der Waals surface area (Å²) < 4.78 is 5.71. The summed E-state index contributed by atoms with van der Waals surface area (Å²) in [5, 5.41) is 10.9. The Bertz CT molecular complexity index is 478. The second kappa shape index (κ2) is 5.57. The van der Waals surface area contributed by atoms with E-state index in [1.807, 2.05) is 43.3 Å². The summed E-state index contributed by atoms with van der Waals surface area (Å²) in [6.07, 6.45) is 3.80. The number of allylic oxidation sites excluding steroid dienone is 2. The van der Waals surface area contributed by atoms with Gasteiger partial charge in [-0.1, -0.05) is 30.3 Å². The highest BCUT2D eigenvalue weighted by Crippen LogP contribution is 2.41. The van der Waals surface area contributed by atoms with Crippen LogP contribution in [0, 0.1) is 5.92 Å². The first kappa shape index (κ1) is 13.8. The molecule has 1 heterocycles. The molecule has 0 bridgehead atoms. The van der Waals surface area contributed by atoms with Gasteiger partial charge in [0.15, 0.2) is 0 Å². The fraction of sp³-hybridized carbons (Fsp3) is 0.438. The minimum atomic E-state index is -1.32. The molecule has 2 atom stereocenters. The number of carbonyl (C=O) groups is 1. The second-order valence-corrected chi connectivity index (χ2v) is 5.15. The molecule has 1 aliphatic heterocycles. The van der Waals surface area contributed by atoms with Gasteiger partial charge in [-0.2, -0.15) is 0 Å². The first-order valence-corrected chi connectivity index (χ1v) is 6.65. The van der Waals surface area contributed by atoms with Gasteiger partial charge in [0, 0.05) is 17.9 Å². The van der Waals surface area contributed by atoms with Gasteiger partial charge >= 0.3 is 0 Å². The fourth-order valence-electron chi connectivity index (χ4n) is 2.50. The molecular formula is C16H20O3. The summed E-state index contributed by atoms with van der Waals surface area (Å²) in [4.78, 5) is 11.2. The van der Waals surface area contributed by atoms with Crippen molar-refractivity contribution in [2.75, 3.05) is 0 Å². The molecule has 1 N–H and O–H groups in total. The lowest BCUT2D eigenvalue weighted by molar-refractivity contribution is -0.232. The molecular weight excluding hydrogens is 240 g/mol. The Hall–Kier alpha value is -1.61. The fourth-order valence-corrected chi connectivity index (χ4v) is 2.50. The second-order valence-electron chi connectivity index (χ2n) is 5.15. The molecule has 0 saturated heterocycles. The molecule has 1 aliphatic rings. The van der Waals surface area contributed by atoms with Gasteiger partial charge in [0.05, 0.1) is 5.76 Å². The predicted octanol–water partition coefficient (Wildman–Crippen LogP) is 3.14. The van der Waals surface area contributed by atoms with Gasteiger partial charge in [0.1, 0.15) is 5.78 Å². The Kier molecular flexibility index (Phi) is 4.05. The number of rotatable bonds is 4. The third-order valence-corrected chi connectivity index (χ3v) is 3.59. The first-order valence-electron chi connectivity index (χ1n) is 6.65. The van der Waals surface area contributed by atoms with Crippen molar-refractivity contribution in [2.45, 2.75) is 38.9 Å². The molecule has 0 radical (unpaired) electrons. The van der Waals surface area contributed by atoms with E-state index in [-0.39, 0.29) is 11.7 Å². The van der Waals surface area contributed by atoms with Crippen molar-refractivity contribution in [3.8, 4) is 0 Å². The molecule has 102 valence electrons. The molecule has 2 rings (SSSR count). The zero-order valence-corrected chi connectivity index (χ0v) is 11.4. The highest BCUT2D eigenvalue weighted by Gasteiger charge is 2.42. The van der Waals surface area contributed by atoms with Crippen molar-refractivity contribution in [3.05, 3.63) is 47.7 Å². The van der Waals surface area contributed by atoms with Crippen LogP contribution in [-0.4, -0.2) is 10.9 Å². The number of Topliss-reactive ketones (excluding diaryl/α,β-unsaturated/α-hetero) is 1. The van der Waals surface area contributed by atoms with Crippen LogP contribution in [0.1, 0.15) is 38.7 Å². The van der Waals surface area contributed by atoms with Crippen LogP contribution in [0.25, 0.3) is 0 Å². The van der Waals surface area contributed by atoms with Crippen molar-refractivity contribution in [3.63, 3.8) is 0 Å². The average Bonchev–Trinajstić information content (AvgIpc) is 2.38. The number of hydrogen-bond acceptors (Lipinski definition) is 3. The van der Waals surface area contributed by atoms with Gasteiger partial charge in [-0.25, -0.2) is 0 Å². The van der Waals surface area contributed by atoms with Crippen LogP contribution in [0.5, 0.6) is 0 Å². The minimum absolute atomic E-state index is 0.0949. The van der Waals surface area contributed by atoms with Gasteiger partial charge < -0.3 is 14.6 Å². The molecule has 19 heavy (non-hydrogen) atoms. The molecule has 1 aromatic carbocycles. The van der Waals surface area contributed by atoms with Gasteiger partial charge in [0.2, 0.25) is 5.79 Å². The van der Waals surface area contributed by atoms with E-state index in [1.54, 1.807) is 6.92 Å². The molecule has 0 unspecified atom stereocenters. The average molecular weight is 260 g/mol.